The second-order valence-corrected chi connectivity index (χ2v) is 11.0. The fourth-order valence-electron chi connectivity index (χ4n) is 3.28. The van der Waals surface area contributed by atoms with Gasteiger partial charge in [-0.2, -0.15) is 4.31 Å². The number of rotatable bonds is 4. The maximum absolute atomic E-state index is 13.4. The van der Waals surface area contributed by atoms with E-state index in [1.807, 2.05) is 10.3 Å². The van der Waals surface area contributed by atoms with Crippen LogP contribution in [-0.4, -0.2) is 43.9 Å². The lowest BCUT2D eigenvalue weighted by atomic mass is 10.2. The summed E-state index contributed by atoms with van der Waals surface area (Å²) in [7, 11) is -3.74. The Morgan fingerprint density at radius 2 is 1.71 bits per heavy atom. The summed E-state index contributed by atoms with van der Waals surface area (Å²) in [6.45, 7) is 3.32. The number of thiazole rings is 1. The van der Waals surface area contributed by atoms with Crippen molar-refractivity contribution in [3.63, 3.8) is 0 Å². The van der Waals surface area contributed by atoms with E-state index >= 15 is 0 Å². The average molecular weight is 521 g/mol. The molecule has 0 saturated carbocycles. The molecule has 0 radical (unpaired) electrons. The Bertz CT molecular complexity index is 1240. The maximum atomic E-state index is 13.4. The molecule has 0 unspecified atom stereocenters. The number of halogens is 4. The van der Waals surface area contributed by atoms with Crippen LogP contribution in [-0.2, 0) is 10.0 Å². The number of hydrogen-bond acceptors (Lipinski definition) is 5. The normalized spacial score (nSPS) is 15.5. The SMILES string of the molecule is Cc1cc(S(=O)(=O)N2CCN(c3nc(-c4ccc(F)c(Cl)c4)cs3)CC2)c(Cl)cc1Cl. The van der Waals surface area contributed by atoms with Crippen molar-refractivity contribution < 1.29 is 12.8 Å². The minimum atomic E-state index is -3.74. The van der Waals surface area contributed by atoms with Crippen LogP contribution in [0.5, 0.6) is 0 Å². The van der Waals surface area contributed by atoms with E-state index in [0.29, 0.717) is 42.5 Å². The lowest BCUT2D eigenvalue weighted by Crippen LogP contribution is -2.48. The van der Waals surface area contributed by atoms with Gasteiger partial charge in [-0.15, -0.1) is 11.3 Å². The molecule has 0 amide bonds. The molecule has 1 fully saturated rings. The van der Waals surface area contributed by atoms with Gasteiger partial charge in [0.05, 0.1) is 15.7 Å². The van der Waals surface area contributed by atoms with Crippen molar-refractivity contribution in [3.05, 3.63) is 62.2 Å². The summed E-state index contributed by atoms with van der Waals surface area (Å²) >= 11 is 19.5. The molecule has 0 bridgehead atoms. The average Bonchev–Trinajstić information content (AvgIpc) is 3.23. The van der Waals surface area contributed by atoms with Gasteiger partial charge in [-0.3, -0.25) is 0 Å². The van der Waals surface area contributed by atoms with Crippen LogP contribution in [0, 0.1) is 12.7 Å². The van der Waals surface area contributed by atoms with Gasteiger partial charge in [0.1, 0.15) is 10.7 Å². The Morgan fingerprint density at radius 1 is 1.00 bits per heavy atom. The van der Waals surface area contributed by atoms with Crippen molar-refractivity contribution in [2.75, 3.05) is 31.1 Å². The Labute approximate surface area is 199 Å². The molecule has 4 rings (SSSR count). The molecule has 0 aliphatic carbocycles. The fourth-order valence-corrected chi connectivity index (χ4v) is 6.58. The van der Waals surface area contributed by atoms with Crippen LogP contribution in [0.2, 0.25) is 15.1 Å². The molecule has 0 spiro atoms. The van der Waals surface area contributed by atoms with Crippen LogP contribution in [0.15, 0.2) is 40.6 Å². The standard InChI is InChI=1S/C20H17Cl3FN3O2S2/c1-12-8-19(16(23)10-14(12)21)31(28,29)27-6-4-26(5-7-27)20-25-18(11-30-20)13-2-3-17(24)15(22)9-13/h2-3,8-11H,4-7H2,1H3. The summed E-state index contributed by atoms with van der Waals surface area (Å²) < 4.78 is 41.0. The van der Waals surface area contributed by atoms with Crippen LogP contribution in [0.3, 0.4) is 0 Å². The number of aromatic nitrogens is 1. The molecule has 1 aliphatic rings. The molecule has 1 aliphatic heterocycles. The minimum absolute atomic E-state index is 0.0435. The number of anilines is 1. The number of nitrogens with zero attached hydrogens (tertiary/aromatic N) is 3. The molecule has 11 heteroatoms. The van der Waals surface area contributed by atoms with E-state index < -0.39 is 15.8 Å². The Morgan fingerprint density at radius 3 is 2.39 bits per heavy atom. The number of hydrogen-bond donors (Lipinski definition) is 0. The monoisotopic (exact) mass is 519 g/mol. The molecule has 2 heterocycles. The van der Waals surface area contributed by atoms with Crippen molar-refractivity contribution in [2.45, 2.75) is 11.8 Å². The molecule has 1 saturated heterocycles. The summed E-state index contributed by atoms with van der Waals surface area (Å²) in [6.07, 6.45) is 0. The Balaban J connectivity index is 1.48. The molecule has 0 atom stereocenters. The van der Waals surface area contributed by atoms with Gasteiger partial charge in [0.15, 0.2) is 5.13 Å². The zero-order valence-corrected chi connectivity index (χ0v) is 20.2. The van der Waals surface area contributed by atoms with Crippen LogP contribution in [0.1, 0.15) is 5.56 Å². The predicted molar refractivity (Wildman–Crippen MR) is 125 cm³/mol. The number of sulfonamides is 1. The topological polar surface area (TPSA) is 53.5 Å². The van der Waals surface area contributed by atoms with E-state index in [9.17, 15) is 12.8 Å². The lowest BCUT2D eigenvalue weighted by Gasteiger charge is -2.34. The lowest BCUT2D eigenvalue weighted by molar-refractivity contribution is 0.385. The molecular weight excluding hydrogens is 504 g/mol. The summed E-state index contributed by atoms with van der Waals surface area (Å²) in [5.41, 5.74) is 2.07. The van der Waals surface area contributed by atoms with Crippen LogP contribution < -0.4 is 4.90 Å². The van der Waals surface area contributed by atoms with E-state index in [2.05, 4.69) is 4.98 Å². The zero-order chi connectivity index (χ0) is 22.3. The van der Waals surface area contributed by atoms with Gasteiger partial charge in [0, 0.05) is 42.1 Å². The highest BCUT2D eigenvalue weighted by Gasteiger charge is 2.31. The van der Waals surface area contributed by atoms with Gasteiger partial charge in [-0.05, 0) is 42.8 Å². The first-order valence-electron chi connectivity index (χ1n) is 9.28. The van der Waals surface area contributed by atoms with Gasteiger partial charge >= 0.3 is 0 Å². The van der Waals surface area contributed by atoms with E-state index in [0.717, 1.165) is 10.7 Å². The number of benzene rings is 2. The van der Waals surface area contributed by atoms with Crippen LogP contribution in [0.4, 0.5) is 9.52 Å². The molecule has 1 aromatic heterocycles. The van der Waals surface area contributed by atoms with Gasteiger partial charge in [-0.25, -0.2) is 17.8 Å². The van der Waals surface area contributed by atoms with Crippen molar-refractivity contribution in [2.24, 2.45) is 0 Å². The van der Waals surface area contributed by atoms with E-state index in [-0.39, 0.29) is 14.9 Å². The highest BCUT2D eigenvalue weighted by molar-refractivity contribution is 7.89. The number of aryl methyl sites for hydroxylation is 1. The van der Waals surface area contributed by atoms with Crippen molar-refractivity contribution in [3.8, 4) is 11.3 Å². The Hall–Kier alpha value is -1.42. The smallest absolute Gasteiger partial charge is 0.244 e. The van der Waals surface area contributed by atoms with Crippen molar-refractivity contribution >= 4 is 61.3 Å². The third-order valence-electron chi connectivity index (χ3n) is 5.05. The van der Waals surface area contributed by atoms with E-state index in [4.69, 9.17) is 34.8 Å². The summed E-state index contributed by atoms with van der Waals surface area (Å²) in [6, 6.07) is 7.44. The van der Waals surface area contributed by atoms with Crippen molar-refractivity contribution in [1.29, 1.82) is 0 Å². The Kier molecular flexibility index (Phi) is 6.49. The largest absolute Gasteiger partial charge is 0.345 e. The maximum Gasteiger partial charge on any atom is 0.244 e. The zero-order valence-electron chi connectivity index (χ0n) is 16.3. The third kappa shape index (κ3) is 4.55. The molecule has 5 nitrogen and oxygen atoms in total. The molecular formula is C20H17Cl3FN3O2S2. The predicted octanol–water partition coefficient (Wildman–Crippen LogP) is 5.73. The first-order chi connectivity index (χ1) is 14.7. The molecule has 31 heavy (non-hydrogen) atoms. The van der Waals surface area contributed by atoms with Crippen LogP contribution in [0.25, 0.3) is 11.3 Å². The summed E-state index contributed by atoms with van der Waals surface area (Å²) in [4.78, 5) is 6.71. The van der Waals surface area contributed by atoms with Crippen molar-refractivity contribution in [1.82, 2.24) is 9.29 Å². The first kappa shape index (κ1) is 22.8. The molecule has 0 N–H and O–H groups in total. The first-order valence-corrected chi connectivity index (χ1v) is 12.7. The molecule has 164 valence electrons. The van der Waals surface area contributed by atoms with Gasteiger partial charge < -0.3 is 4.90 Å². The summed E-state index contributed by atoms with van der Waals surface area (Å²) in [5, 5.41) is 3.23. The van der Waals surface area contributed by atoms with Gasteiger partial charge in [-0.1, -0.05) is 34.8 Å². The quantitative estimate of drug-likeness (QED) is 0.441. The number of piperazine rings is 1. The second kappa shape index (κ2) is 8.84. The minimum Gasteiger partial charge on any atom is -0.345 e. The third-order valence-corrected chi connectivity index (χ3v) is 9.01. The van der Waals surface area contributed by atoms with Gasteiger partial charge in [0.25, 0.3) is 0 Å². The summed E-state index contributed by atoms with van der Waals surface area (Å²) in [5.74, 6) is -0.478. The van der Waals surface area contributed by atoms with E-state index in [1.54, 1.807) is 13.0 Å². The van der Waals surface area contributed by atoms with Gasteiger partial charge in [0.2, 0.25) is 10.0 Å². The fraction of sp³-hybridized carbons (Fsp3) is 0.250. The molecule has 3 aromatic rings. The second-order valence-electron chi connectivity index (χ2n) is 7.07. The highest BCUT2D eigenvalue weighted by Crippen LogP contribution is 2.33. The van der Waals surface area contributed by atoms with Crippen LogP contribution >= 0.6 is 46.1 Å². The molecule has 2 aromatic carbocycles. The highest BCUT2D eigenvalue weighted by atomic mass is 35.5. The van der Waals surface area contributed by atoms with E-state index in [1.165, 1.54) is 39.9 Å².